The molecule has 3 rings (SSSR count). The van der Waals surface area contributed by atoms with Gasteiger partial charge in [0.05, 0.1) is 0 Å². The molecule has 0 fully saturated rings. The van der Waals surface area contributed by atoms with E-state index in [1.165, 1.54) is 27.8 Å². The van der Waals surface area contributed by atoms with Gasteiger partial charge in [0.25, 0.3) is 0 Å². The molecule has 21 heavy (non-hydrogen) atoms. The first-order chi connectivity index (χ1) is 9.99. The molecule has 2 aromatic carbocycles. The van der Waals surface area contributed by atoms with Crippen LogP contribution in [0.1, 0.15) is 38.8 Å². The van der Waals surface area contributed by atoms with Crippen molar-refractivity contribution < 1.29 is 5.11 Å². The van der Waals surface area contributed by atoms with Gasteiger partial charge in [-0.05, 0) is 58.6 Å². The van der Waals surface area contributed by atoms with E-state index < -0.39 is 0 Å². The van der Waals surface area contributed by atoms with E-state index in [1.54, 1.807) is 0 Å². The van der Waals surface area contributed by atoms with Gasteiger partial charge >= 0.3 is 0 Å². The van der Waals surface area contributed by atoms with Crippen molar-refractivity contribution in [2.45, 2.75) is 40.5 Å². The Morgan fingerprint density at radius 2 is 1.43 bits per heavy atom. The molecule has 2 aromatic rings. The number of hydrogen-bond acceptors (Lipinski definition) is 1. The molecule has 110 valence electrons. The van der Waals surface area contributed by atoms with Crippen LogP contribution in [-0.2, 0) is 12.8 Å². The summed E-state index contributed by atoms with van der Waals surface area (Å²) in [7, 11) is 0. The summed E-state index contributed by atoms with van der Waals surface area (Å²) in [6.07, 6.45) is 2.12. The zero-order chi connectivity index (χ0) is 15.1. The summed E-state index contributed by atoms with van der Waals surface area (Å²) in [4.78, 5) is 0. The quantitative estimate of drug-likeness (QED) is 0.675. The van der Waals surface area contributed by atoms with Crippen molar-refractivity contribution in [3.05, 3.63) is 41.5 Å². The third-order valence-corrected chi connectivity index (χ3v) is 4.21. The molecule has 0 radical (unpaired) electrons. The van der Waals surface area contributed by atoms with Gasteiger partial charge in [0.2, 0.25) is 0 Å². The summed E-state index contributed by atoms with van der Waals surface area (Å²) < 4.78 is 0. The van der Waals surface area contributed by atoms with E-state index in [4.69, 9.17) is 0 Å². The summed E-state index contributed by atoms with van der Waals surface area (Å²) >= 11 is 0. The fraction of sp³-hybridized carbons (Fsp3) is 0.400. The van der Waals surface area contributed by atoms with Crippen LogP contribution in [0.25, 0.3) is 22.3 Å². The zero-order valence-electron chi connectivity index (χ0n) is 13.4. The lowest BCUT2D eigenvalue weighted by Crippen LogP contribution is -2.11. The van der Waals surface area contributed by atoms with Gasteiger partial charge in [0.15, 0.2) is 0 Å². The van der Waals surface area contributed by atoms with Crippen LogP contribution in [0.5, 0.6) is 5.75 Å². The second-order valence-electron chi connectivity index (χ2n) is 7.02. The molecule has 1 aliphatic carbocycles. The molecular weight excluding hydrogens is 256 g/mol. The standard InChI is InChI=1S/C20H24O/c1-12(2)9-14-11-18(21)20-16-8-6-5-7-15(16)19(20)17(14)10-13(3)4/h5-8,11-13,21H,9-10H2,1-4H3. The number of fused-ring (bicyclic) bond motifs is 4. The normalized spacial score (nSPS) is 12.3. The highest BCUT2D eigenvalue weighted by Crippen LogP contribution is 2.54. The van der Waals surface area contributed by atoms with Crippen LogP contribution >= 0.6 is 0 Å². The van der Waals surface area contributed by atoms with Crippen LogP contribution in [0.4, 0.5) is 0 Å². The molecular formula is C20H24O. The van der Waals surface area contributed by atoms with Gasteiger partial charge in [-0.1, -0.05) is 52.0 Å². The summed E-state index contributed by atoms with van der Waals surface area (Å²) in [5, 5.41) is 10.5. The number of benzene rings is 2. The monoisotopic (exact) mass is 280 g/mol. The topological polar surface area (TPSA) is 20.2 Å². The highest BCUT2D eigenvalue weighted by atomic mass is 16.3. The van der Waals surface area contributed by atoms with Crippen LogP contribution in [-0.4, -0.2) is 5.11 Å². The largest absolute Gasteiger partial charge is 0.507 e. The Hall–Kier alpha value is -1.76. The third kappa shape index (κ3) is 2.35. The zero-order valence-corrected chi connectivity index (χ0v) is 13.4. The van der Waals surface area contributed by atoms with Gasteiger partial charge in [-0.15, -0.1) is 0 Å². The Balaban J connectivity index is 2.18. The van der Waals surface area contributed by atoms with Crippen molar-refractivity contribution in [3.63, 3.8) is 0 Å². The molecule has 1 nitrogen and oxygen atoms in total. The van der Waals surface area contributed by atoms with E-state index in [0.717, 1.165) is 18.4 Å². The SMILES string of the molecule is CC(C)Cc1cc(O)c2c(c1CC(C)C)-c1ccccc1-2. The van der Waals surface area contributed by atoms with Gasteiger partial charge in [-0.3, -0.25) is 0 Å². The highest BCUT2D eigenvalue weighted by Gasteiger charge is 2.30. The van der Waals surface area contributed by atoms with E-state index in [9.17, 15) is 5.11 Å². The predicted molar refractivity (Wildman–Crippen MR) is 89.6 cm³/mol. The van der Waals surface area contributed by atoms with Crippen molar-refractivity contribution >= 4 is 0 Å². The number of hydrogen-bond donors (Lipinski definition) is 1. The van der Waals surface area contributed by atoms with Crippen molar-refractivity contribution in [1.82, 2.24) is 0 Å². The Morgan fingerprint density at radius 3 is 2.00 bits per heavy atom. The summed E-state index contributed by atoms with van der Waals surface area (Å²) in [6, 6.07) is 10.4. The average molecular weight is 280 g/mol. The molecule has 0 bridgehead atoms. The van der Waals surface area contributed by atoms with Gasteiger partial charge in [0, 0.05) is 5.56 Å². The van der Waals surface area contributed by atoms with E-state index >= 15 is 0 Å². The van der Waals surface area contributed by atoms with Crippen LogP contribution in [0.3, 0.4) is 0 Å². The number of aromatic hydroxyl groups is 1. The van der Waals surface area contributed by atoms with E-state index in [2.05, 4.69) is 45.9 Å². The maximum atomic E-state index is 10.5. The summed E-state index contributed by atoms with van der Waals surface area (Å²) in [5.41, 5.74) is 7.65. The molecule has 0 amide bonds. The molecule has 0 saturated carbocycles. The fourth-order valence-corrected chi connectivity index (χ4v) is 3.45. The molecule has 1 heteroatoms. The van der Waals surface area contributed by atoms with Crippen LogP contribution in [0.2, 0.25) is 0 Å². The lowest BCUT2D eigenvalue weighted by Gasteiger charge is -2.30. The second kappa shape index (κ2) is 5.22. The van der Waals surface area contributed by atoms with Gasteiger partial charge in [0.1, 0.15) is 5.75 Å². The van der Waals surface area contributed by atoms with E-state index in [0.29, 0.717) is 17.6 Å². The van der Waals surface area contributed by atoms with Crippen molar-refractivity contribution in [2.75, 3.05) is 0 Å². The molecule has 0 spiro atoms. The predicted octanol–water partition coefficient (Wildman–Crippen LogP) is 5.44. The first-order valence-electron chi connectivity index (χ1n) is 7.96. The third-order valence-electron chi connectivity index (χ3n) is 4.21. The first-order valence-corrected chi connectivity index (χ1v) is 7.96. The highest BCUT2D eigenvalue weighted by molar-refractivity contribution is 6.06. The lowest BCUT2D eigenvalue weighted by atomic mass is 9.73. The maximum absolute atomic E-state index is 10.5. The van der Waals surface area contributed by atoms with Gasteiger partial charge < -0.3 is 5.11 Å². The molecule has 1 aliphatic rings. The van der Waals surface area contributed by atoms with E-state index in [-0.39, 0.29) is 0 Å². The van der Waals surface area contributed by atoms with Crippen molar-refractivity contribution in [3.8, 4) is 28.0 Å². The smallest absolute Gasteiger partial charge is 0.124 e. The van der Waals surface area contributed by atoms with Crippen LogP contribution in [0.15, 0.2) is 30.3 Å². The minimum atomic E-state index is 0.451. The lowest BCUT2D eigenvalue weighted by molar-refractivity contribution is 0.474. The van der Waals surface area contributed by atoms with Crippen LogP contribution in [0, 0.1) is 11.8 Å². The fourth-order valence-electron chi connectivity index (χ4n) is 3.45. The molecule has 0 saturated heterocycles. The van der Waals surface area contributed by atoms with Crippen molar-refractivity contribution in [1.29, 1.82) is 0 Å². The van der Waals surface area contributed by atoms with Gasteiger partial charge in [-0.25, -0.2) is 0 Å². The number of rotatable bonds is 4. The van der Waals surface area contributed by atoms with Crippen molar-refractivity contribution in [2.24, 2.45) is 11.8 Å². The minimum absolute atomic E-state index is 0.451. The Morgan fingerprint density at radius 1 is 0.857 bits per heavy atom. The Bertz CT molecular complexity index is 680. The molecule has 0 atom stereocenters. The Labute approximate surface area is 127 Å². The molecule has 0 unspecified atom stereocenters. The van der Waals surface area contributed by atoms with E-state index in [1.807, 2.05) is 12.1 Å². The maximum Gasteiger partial charge on any atom is 0.124 e. The second-order valence-corrected chi connectivity index (χ2v) is 7.02. The summed E-state index contributed by atoms with van der Waals surface area (Å²) in [5.74, 6) is 1.67. The Kier molecular flexibility index (Phi) is 3.52. The average Bonchev–Trinajstić information content (AvgIpc) is 2.36. The molecule has 1 N–H and O–H groups in total. The van der Waals surface area contributed by atoms with Crippen LogP contribution < -0.4 is 0 Å². The number of phenolic OH excluding ortho intramolecular Hbond substituents is 1. The molecule has 0 heterocycles. The molecule has 0 aliphatic heterocycles. The van der Waals surface area contributed by atoms with Gasteiger partial charge in [-0.2, -0.15) is 0 Å². The molecule has 0 aromatic heterocycles. The minimum Gasteiger partial charge on any atom is -0.507 e. The number of phenols is 1. The summed E-state index contributed by atoms with van der Waals surface area (Å²) in [6.45, 7) is 9.01. The first kappa shape index (κ1) is 14.2.